The minimum atomic E-state index is -0.766. The fourth-order valence-electron chi connectivity index (χ4n) is 3.21. The van der Waals surface area contributed by atoms with Crippen molar-refractivity contribution < 1.29 is 23.8 Å². The van der Waals surface area contributed by atoms with Gasteiger partial charge in [0.1, 0.15) is 36.1 Å². The Hall–Kier alpha value is -2.35. The highest BCUT2D eigenvalue weighted by Gasteiger charge is 2.26. The number of carbonyl (C=O) groups excluding carboxylic acids is 1. The van der Waals surface area contributed by atoms with Crippen LogP contribution in [-0.2, 0) is 4.79 Å². The number of hydrogen-bond acceptors (Lipinski definition) is 5. The lowest BCUT2D eigenvalue weighted by molar-refractivity contribution is -0.114. The third-order valence-electron chi connectivity index (χ3n) is 4.50. The Morgan fingerprint density at radius 3 is 2.83 bits per heavy atom. The van der Waals surface area contributed by atoms with Gasteiger partial charge in [0.25, 0.3) is 0 Å². The van der Waals surface area contributed by atoms with Crippen LogP contribution in [0.1, 0.15) is 13.3 Å². The number of aliphatic hydroxyl groups excluding tert-OH is 1. The molecule has 0 saturated carbocycles. The Kier molecular flexibility index (Phi) is 7.30. The maximum atomic E-state index is 13.5. The number of likely N-dealkylation sites (tertiary alicyclic amines) is 1. The number of amides is 1. The molecule has 3 rings (SSSR count). The van der Waals surface area contributed by atoms with Crippen LogP contribution < -0.4 is 14.8 Å². The molecule has 6 nitrogen and oxygen atoms in total. The Balaban J connectivity index is 1.46. The van der Waals surface area contributed by atoms with Gasteiger partial charge < -0.3 is 19.9 Å². The number of nitrogens with one attached hydrogen (secondary N) is 1. The minimum Gasteiger partial charge on any atom is -0.489 e. The van der Waals surface area contributed by atoms with Crippen LogP contribution >= 0.6 is 11.6 Å². The Morgan fingerprint density at radius 2 is 2.10 bits per heavy atom. The maximum Gasteiger partial charge on any atom is 0.221 e. The first kappa shape index (κ1) is 21.4. The van der Waals surface area contributed by atoms with Crippen LogP contribution in [0.4, 0.5) is 10.1 Å². The van der Waals surface area contributed by atoms with E-state index in [1.165, 1.54) is 25.1 Å². The van der Waals surface area contributed by atoms with Crippen LogP contribution in [0, 0.1) is 5.82 Å². The van der Waals surface area contributed by atoms with Gasteiger partial charge in [-0.05, 0) is 42.8 Å². The average Bonchev–Trinajstić information content (AvgIpc) is 3.10. The van der Waals surface area contributed by atoms with Gasteiger partial charge in [0.15, 0.2) is 0 Å². The molecule has 0 radical (unpaired) electrons. The van der Waals surface area contributed by atoms with E-state index in [-0.39, 0.29) is 24.4 Å². The molecule has 0 aliphatic carbocycles. The molecule has 1 amide bonds. The molecule has 1 aliphatic rings. The Morgan fingerprint density at radius 1 is 1.34 bits per heavy atom. The summed E-state index contributed by atoms with van der Waals surface area (Å²) in [6, 6.07) is 11.1. The number of carbonyl (C=O) groups is 1. The van der Waals surface area contributed by atoms with Gasteiger partial charge in [0.2, 0.25) is 5.91 Å². The monoisotopic (exact) mass is 422 g/mol. The van der Waals surface area contributed by atoms with E-state index in [4.69, 9.17) is 21.1 Å². The molecule has 2 aromatic rings. The summed E-state index contributed by atoms with van der Waals surface area (Å²) in [7, 11) is 0. The summed E-state index contributed by atoms with van der Waals surface area (Å²) in [6.07, 6.45) is 0.129. The first-order valence-electron chi connectivity index (χ1n) is 9.41. The van der Waals surface area contributed by atoms with Gasteiger partial charge in [-0.15, -0.1) is 0 Å². The summed E-state index contributed by atoms with van der Waals surface area (Å²) in [6.45, 7) is 3.24. The standard InChI is InChI=1S/C21H24ClFN2O4/c1-14(26)24-20-7-4-16(23)10-21(20)28-13-17(27)11-25-9-8-19(12-25)29-18-5-2-15(22)3-6-18/h2-7,10,17,19,27H,8-9,11-13H2,1H3,(H,24,26)/t17-,19+/m1/s1. The van der Waals surface area contributed by atoms with E-state index in [1.807, 2.05) is 12.1 Å². The quantitative estimate of drug-likeness (QED) is 0.682. The third kappa shape index (κ3) is 6.59. The van der Waals surface area contributed by atoms with Crippen molar-refractivity contribution >= 4 is 23.2 Å². The normalized spacial score (nSPS) is 17.7. The second-order valence-electron chi connectivity index (χ2n) is 7.03. The molecule has 2 N–H and O–H groups in total. The van der Waals surface area contributed by atoms with Crippen LogP contribution in [0.5, 0.6) is 11.5 Å². The van der Waals surface area contributed by atoms with Crippen LogP contribution in [0.15, 0.2) is 42.5 Å². The van der Waals surface area contributed by atoms with E-state index in [0.29, 0.717) is 23.8 Å². The number of hydrogen-bond donors (Lipinski definition) is 2. The largest absolute Gasteiger partial charge is 0.489 e. The second kappa shape index (κ2) is 9.91. The lowest BCUT2D eigenvalue weighted by Gasteiger charge is -2.21. The van der Waals surface area contributed by atoms with Crippen molar-refractivity contribution in [2.45, 2.75) is 25.6 Å². The van der Waals surface area contributed by atoms with Crippen molar-refractivity contribution in [1.29, 1.82) is 0 Å². The third-order valence-corrected chi connectivity index (χ3v) is 4.75. The number of halogens is 2. The summed E-state index contributed by atoms with van der Waals surface area (Å²) in [5.41, 5.74) is 0.365. The smallest absolute Gasteiger partial charge is 0.221 e. The predicted octanol–water partition coefficient (Wildman–Crippen LogP) is 3.33. The summed E-state index contributed by atoms with van der Waals surface area (Å²) >= 11 is 5.88. The molecule has 1 heterocycles. The molecule has 1 saturated heterocycles. The first-order chi connectivity index (χ1) is 13.9. The zero-order valence-electron chi connectivity index (χ0n) is 16.1. The number of β-amino-alcohol motifs (C(OH)–C–C–N with tert-alkyl or cyclic N) is 1. The maximum absolute atomic E-state index is 13.5. The molecule has 1 fully saturated rings. The zero-order chi connectivity index (χ0) is 20.8. The van der Waals surface area contributed by atoms with E-state index in [2.05, 4.69) is 10.2 Å². The van der Waals surface area contributed by atoms with E-state index in [1.54, 1.807) is 12.1 Å². The summed E-state index contributed by atoms with van der Waals surface area (Å²) in [5.74, 6) is 0.183. The van der Waals surface area contributed by atoms with Gasteiger partial charge >= 0.3 is 0 Å². The van der Waals surface area contributed by atoms with Crippen molar-refractivity contribution in [3.8, 4) is 11.5 Å². The van der Waals surface area contributed by atoms with Crippen molar-refractivity contribution in [2.24, 2.45) is 0 Å². The number of benzene rings is 2. The van der Waals surface area contributed by atoms with Gasteiger partial charge in [-0.2, -0.15) is 0 Å². The van der Waals surface area contributed by atoms with Crippen molar-refractivity contribution in [3.63, 3.8) is 0 Å². The molecule has 0 spiro atoms. The van der Waals surface area contributed by atoms with Crippen LogP contribution in [0.3, 0.4) is 0 Å². The summed E-state index contributed by atoms with van der Waals surface area (Å²) in [5, 5.41) is 13.6. The molecular weight excluding hydrogens is 399 g/mol. The Bertz CT molecular complexity index is 834. The molecule has 0 bridgehead atoms. The van der Waals surface area contributed by atoms with E-state index in [0.717, 1.165) is 18.7 Å². The number of ether oxygens (including phenoxy) is 2. The molecule has 29 heavy (non-hydrogen) atoms. The molecule has 1 aliphatic heterocycles. The van der Waals surface area contributed by atoms with Gasteiger partial charge in [0, 0.05) is 37.6 Å². The summed E-state index contributed by atoms with van der Waals surface area (Å²) < 4.78 is 25.0. The van der Waals surface area contributed by atoms with Crippen LogP contribution in [0.25, 0.3) is 0 Å². The highest BCUT2D eigenvalue weighted by Crippen LogP contribution is 2.26. The number of aliphatic hydroxyl groups is 1. The minimum absolute atomic E-state index is 0.0186. The van der Waals surface area contributed by atoms with E-state index in [9.17, 15) is 14.3 Å². The zero-order valence-corrected chi connectivity index (χ0v) is 16.9. The van der Waals surface area contributed by atoms with E-state index >= 15 is 0 Å². The van der Waals surface area contributed by atoms with Gasteiger partial charge in [-0.25, -0.2) is 4.39 Å². The fraction of sp³-hybridized carbons (Fsp3) is 0.381. The molecule has 2 aromatic carbocycles. The van der Waals surface area contributed by atoms with Crippen molar-refractivity contribution in [3.05, 3.63) is 53.3 Å². The SMILES string of the molecule is CC(=O)Nc1ccc(F)cc1OC[C@H](O)CN1CC[C@H](Oc2ccc(Cl)cc2)C1. The molecule has 8 heteroatoms. The van der Waals surface area contributed by atoms with Crippen molar-refractivity contribution in [1.82, 2.24) is 4.90 Å². The molecular formula is C21H24ClFN2O4. The number of rotatable bonds is 8. The van der Waals surface area contributed by atoms with Crippen molar-refractivity contribution in [2.75, 3.05) is 31.6 Å². The molecule has 0 aromatic heterocycles. The number of anilines is 1. The van der Waals surface area contributed by atoms with Crippen LogP contribution in [-0.4, -0.2) is 54.4 Å². The highest BCUT2D eigenvalue weighted by atomic mass is 35.5. The average molecular weight is 423 g/mol. The Labute approximate surface area is 174 Å². The fourth-order valence-corrected chi connectivity index (χ4v) is 3.34. The van der Waals surface area contributed by atoms with Gasteiger partial charge in [-0.3, -0.25) is 9.69 Å². The number of nitrogens with zero attached hydrogens (tertiary/aromatic N) is 1. The summed E-state index contributed by atoms with van der Waals surface area (Å²) in [4.78, 5) is 13.4. The van der Waals surface area contributed by atoms with Crippen LogP contribution in [0.2, 0.25) is 5.02 Å². The first-order valence-corrected chi connectivity index (χ1v) is 9.79. The molecule has 156 valence electrons. The second-order valence-corrected chi connectivity index (χ2v) is 7.46. The molecule has 2 atom stereocenters. The highest BCUT2D eigenvalue weighted by molar-refractivity contribution is 6.30. The topological polar surface area (TPSA) is 71.0 Å². The molecule has 0 unspecified atom stereocenters. The predicted molar refractivity (Wildman–Crippen MR) is 109 cm³/mol. The lowest BCUT2D eigenvalue weighted by Crippen LogP contribution is -2.35. The lowest BCUT2D eigenvalue weighted by atomic mass is 10.2. The van der Waals surface area contributed by atoms with E-state index < -0.39 is 11.9 Å². The van der Waals surface area contributed by atoms with Gasteiger partial charge in [0.05, 0.1) is 5.69 Å². The van der Waals surface area contributed by atoms with Gasteiger partial charge in [-0.1, -0.05) is 11.6 Å².